The van der Waals surface area contributed by atoms with Crippen LogP contribution in [-0.2, 0) is 14.4 Å². The quantitative estimate of drug-likeness (QED) is 0.844. The highest BCUT2D eigenvalue weighted by atomic mass is 16.5. The zero-order chi connectivity index (χ0) is 16.3. The Morgan fingerprint density at radius 1 is 1.41 bits per heavy atom. The molecule has 7 nitrogen and oxygen atoms in total. The van der Waals surface area contributed by atoms with E-state index in [2.05, 4.69) is 5.32 Å². The molecule has 2 atom stereocenters. The lowest BCUT2D eigenvalue weighted by Gasteiger charge is -2.27. The first-order valence-electron chi connectivity index (χ1n) is 6.91. The van der Waals surface area contributed by atoms with Gasteiger partial charge in [0.15, 0.2) is 6.10 Å². The van der Waals surface area contributed by atoms with Crippen LogP contribution in [0.25, 0.3) is 0 Å². The molecule has 0 spiro atoms. The molecule has 0 aromatic heterocycles. The Kier molecular flexibility index (Phi) is 4.65. The first kappa shape index (κ1) is 15.8. The molecule has 0 saturated carbocycles. The smallest absolute Gasteiger partial charge is 0.308 e. The maximum atomic E-state index is 12.1. The van der Waals surface area contributed by atoms with Crippen molar-refractivity contribution < 1.29 is 24.2 Å². The van der Waals surface area contributed by atoms with Crippen molar-refractivity contribution in [3.8, 4) is 5.75 Å². The van der Waals surface area contributed by atoms with Crippen molar-refractivity contribution in [2.24, 2.45) is 5.92 Å². The highest BCUT2D eigenvalue weighted by Gasteiger charge is 2.31. The summed E-state index contributed by atoms with van der Waals surface area (Å²) in [5.74, 6) is -1.85. The number of hydrogen-bond donors (Lipinski definition) is 2. The van der Waals surface area contributed by atoms with Crippen molar-refractivity contribution in [1.29, 1.82) is 0 Å². The number of hydrogen-bond acceptors (Lipinski definition) is 4. The van der Waals surface area contributed by atoms with Crippen LogP contribution in [0.15, 0.2) is 24.3 Å². The molecule has 1 aliphatic heterocycles. The number of carbonyl (C=O) groups excluding carboxylic acids is 2. The van der Waals surface area contributed by atoms with E-state index in [1.165, 1.54) is 18.9 Å². The average Bonchev–Trinajstić information content (AvgIpc) is 2.47. The van der Waals surface area contributed by atoms with Crippen molar-refractivity contribution in [3.63, 3.8) is 0 Å². The minimum Gasteiger partial charge on any atom is -0.481 e. The number of ether oxygens (including phenoxy) is 1. The van der Waals surface area contributed by atoms with Crippen LogP contribution in [-0.4, -0.2) is 47.5 Å². The molecule has 2 amide bonds. The number of amides is 2. The van der Waals surface area contributed by atoms with Gasteiger partial charge in [0.25, 0.3) is 5.91 Å². The predicted molar refractivity (Wildman–Crippen MR) is 78.5 cm³/mol. The van der Waals surface area contributed by atoms with Crippen LogP contribution < -0.4 is 10.1 Å². The van der Waals surface area contributed by atoms with E-state index in [1.807, 2.05) is 0 Å². The molecule has 1 aromatic rings. The van der Waals surface area contributed by atoms with E-state index in [9.17, 15) is 14.4 Å². The van der Waals surface area contributed by atoms with E-state index in [4.69, 9.17) is 9.84 Å². The van der Waals surface area contributed by atoms with Crippen molar-refractivity contribution in [2.45, 2.75) is 19.4 Å². The van der Waals surface area contributed by atoms with Crippen LogP contribution in [0.4, 0.5) is 5.69 Å². The minimum absolute atomic E-state index is 0.0824. The highest BCUT2D eigenvalue weighted by molar-refractivity contribution is 5.99. The molecule has 0 bridgehead atoms. The van der Waals surface area contributed by atoms with Crippen molar-refractivity contribution >= 4 is 23.5 Å². The van der Waals surface area contributed by atoms with E-state index in [-0.39, 0.29) is 24.8 Å². The third-order valence-corrected chi connectivity index (χ3v) is 3.46. The van der Waals surface area contributed by atoms with Gasteiger partial charge in [-0.05, 0) is 12.1 Å². The summed E-state index contributed by atoms with van der Waals surface area (Å²) in [4.78, 5) is 36.2. The van der Waals surface area contributed by atoms with Gasteiger partial charge in [-0.1, -0.05) is 19.1 Å². The molecule has 7 heteroatoms. The maximum Gasteiger partial charge on any atom is 0.308 e. The van der Waals surface area contributed by atoms with Crippen LogP contribution in [0.1, 0.15) is 13.3 Å². The lowest BCUT2D eigenvalue weighted by Crippen LogP contribution is -2.42. The molecular formula is C15H18N2O5. The molecule has 22 heavy (non-hydrogen) atoms. The second-order valence-corrected chi connectivity index (χ2v) is 5.31. The van der Waals surface area contributed by atoms with E-state index in [0.29, 0.717) is 11.4 Å². The second kappa shape index (κ2) is 6.46. The number of nitrogens with one attached hydrogen (secondary N) is 1. The summed E-state index contributed by atoms with van der Waals surface area (Å²) in [6.45, 7) is 1.60. The SMILES string of the molecule is CC(CN(C)C(=O)CC1Oc2ccccc2NC1=O)C(=O)O. The van der Waals surface area contributed by atoms with Gasteiger partial charge in [0, 0.05) is 13.6 Å². The number of carboxylic acid groups (broad SMARTS) is 1. The highest BCUT2D eigenvalue weighted by Crippen LogP contribution is 2.29. The number of para-hydroxylation sites is 2. The number of rotatable bonds is 5. The van der Waals surface area contributed by atoms with Gasteiger partial charge in [0.1, 0.15) is 5.75 Å². The van der Waals surface area contributed by atoms with E-state index in [0.717, 1.165) is 0 Å². The van der Waals surface area contributed by atoms with Crippen LogP contribution in [0, 0.1) is 5.92 Å². The molecule has 0 aliphatic carbocycles. The summed E-state index contributed by atoms with van der Waals surface area (Å²) in [5, 5.41) is 11.5. The zero-order valence-electron chi connectivity index (χ0n) is 12.4. The fraction of sp³-hybridized carbons (Fsp3) is 0.400. The van der Waals surface area contributed by atoms with Gasteiger partial charge >= 0.3 is 5.97 Å². The van der Waals surface area contributed by atoms with Crippen molar-refractivity contribution in [3.05, 3.63) is 24.3 Å². The van der Waals surface area contributed by atoms with Crippen molar-refractivity contribution in [2.75, 3.05) is 18.9 Å². The monoisotopic (exact) mass is 306 g/mol. The summed E-state index contributed by atoms with van der Waals surface area (Å²) < 4.78 is 5.54. The maximum absolute atomic E-state index is 12.1. The molecule has 0 fully saturated rings. The molecule has 1 aromatic carbocycles. The predicted octanol–water partition coefficient (Wildman–Crippen LogP) is 0.955. The Labute approximate surface area is 127 Å². The summed E-state index contributed by atoms with van der Waals surface area (Å²) in [6.07, 6.45) is -1.05. The Hall–Kier alpha value is -2.57. The first-order chi connectivity index (χ1) is 10.4. The number of aliphatic carboxylic acids is 1. The molecule has 0 saturated heterocycles. The van der Waals surface area contributed by atoms with Gasteiger partial charge in [0.05, 0.1) is 18.0 Å². The lowest BCUT2D eigenvalue weighted by molar-refractivity contribution is -0.143. The lowest BCUT2D eigenvalue weighted by atomic mass is 10.1. The molecule has 1 heterocycles. The van der Waals surface area contributed by atoms with Gasteiger partial charge < -0.3 is 20.1 Å². The number of fused-ring (bicyclic) bond motifs is 1. The van der Waals surface area contributed by atoms with E-state index in [1.54, 1.807) is 24.3 Å². The van der Waals surface area contributed by atoms with Crippen LogP contribution in [0.5, 0.6) is 5.75 Å². The normalized spacial score (nSPS) is 17.7. The second-order valence-electron chi connectivity index (χ2n) is 5.31. The summed E-state index contributed by atoms with van der Waals surface area (Å²) in [6, 6.07) is 6.97. The largest absolute Gasteiger partial charge is 0.481 e. The molecule has 1 aliphatic rings. The molecule has 118 valence electrons. The standard InChI is InChI=1S/C15H18N2O5/c1-9(15(20)21)8-17(2)13(18)7-12-14(19)16-10-5-3-4-6-11(10)22-12/h3-6,9,12H,7-8H2,1-2H3,(H,16,19)(H,20,21). The third-order valence-electron chi connectivity index (χ3n) is 3.46. The fourth-order valence-corrected chi connectivity index (χ4v) is 2.13. The summed E-state index contributed by atoms with van der Waals surface area (Å²) >= 11 is 0. The topological polar surface area (TPSA) is 95.9 Å². The average molecular weight is 306 g/mol. The minimum atomic E-state index is -0.972. The summed E-state index contributed by atoms with van der Waals surface area (Å²) in [7, 11) is 1.51. The molecule has 0 radical (unpaired) electrons. The van der Waals surface area contributed by atoms with Crippen LogP contribution in [0.2, 0.25) is 0 Å². The number of carboxylic acids is 1. The molecule has 2 unspecified atom stereocenters. The van der Waals surface area contributed by atoms with Crippen LogP contribution >= 0.6 is 0 Å². The third kappa shape index (κ3) is 3.55. The molecule has 2 rings (SSSR count). The number of nitrogens with zero attached hydrogens (tertiary/aromatic N) is 1. The zero-order valence-corrected chi connectivity index (χ0v) is 12.4. The van der Waals surface area contributed by atoms with Gasteiger partial charge in [-0.3, -0.25) is 14.4 Å². The van der Waals surface area contributed by atoms with Crippen molar-refractivity contribution in [1.82, 2.24) is 4.90 Å². The van der Waals surface area contributed by atoms with E-state index >= 15 is 0 Å². The number of anilines is 1. The van der Waals surface area contributed by atoms with Crippen LogP contribution in [0.3, 0.4) is 0 Å². The first-order valence-corrected chi connectivity index (χ1v) is 6.91. The Bertz CT molecular complexity index is 601. The van der Waals surface area contributed by atoms with Gasteiger partial charge in [0.2, 0.25) is 5.91 Å². The van der Waals surface area contributed by atoms with Gasteiger partial charge in [-0.2, -0.15) is 0 Å². The summed E-state index contributed by atoms with van der Waals surface area (Å²) in [5.41, 5.74) is 0.573. The number of carbonyl (C=O) groups is 3. The van der Waals surface area contributed by atoms with Gasteiger partial charge in [-0.15, -0.1) is 0 Å². The number of benzene rings is 1. The Balaban J connectivity index is 1.97. The van der Waals surface area contributed by atoms with E-state index < -0.39 is 18.0 Å². The Morgan fingerprint density at radius 2 is 2.09 bits per heavy atom. The molecular weight excluding hydrogens is 288 g/mol. The Morgan fingerprint density at radius 3 is 2.77 bits per heavy atom. The fourth-order valence-electron chi connectivity index (χ4n) is 2.13. The molecule has 2 N–H and O–H groups in total. The van der Waals surface area contributed by atoms with Gasteiger partial charge in [-0.25, -0.2) is 0 Å².